The minimum Gasteiger partial charge on any atom is -0.451 e. The van der Waals surface area contributed by atoms with Gasteiger partial charge in [0.25, 0.3) is 5.91 Å². The van der Waals surface area contributed by atoms with Crippen LogP contribution in [0, 0.1) is 25.2 Å². The number of nitrogens with zero attached hydrogens (tertiary/aromatic N) is 2. The number of nitrogens with one attached hydrogen (secondary N) is 1. The molecule has 0 aliphatic heterocycles. The molecule has 0 fully saturated rings. The van der Waals surface area contributed by atoms with Crippen molar-refractivity contribution >= 4 is 41.2 Å². The van der Waals surface area contributed by atoms with Gasteiger partial charge in [-0.2, -0.15) is 5.26 Å². The van der Waals surface area contributed by atoms with Crippen molar-refractivity contribution in [1.29, 1.82) is 5.26 Å². The third-order valence-corrected chi connectivity index (χ3v) is 5.05. The Hall–Kier alpha value is -2.79. The molecule has 1 heterocycles. The maximum atomic E-state index is 12.2. The van der Waals surface area contributed by atoms with E-state index < -0.39 is 18.5 Å². The molecule has 1 N–H and O–H groups in total. The van der Waals surface area contributed by atoms with Gasteiger partial charge in [-0.1, -0.05) is 29.3 Å². The molecule has 2 rings (SSSR count). The van der Waals surface area contributed by atoms with Crippen molar-refractivity contribution in [2.75, 3.05) is 26.9 Å². The molecule has 0 spiro atoms. The second-order valence-electron chi connectivity index (χ2n) is 6.32. The molecular weight excluding hydrogens is 429 g/mol. The van der Waals surface area contributed by atoms with Crippen LogP contribution in [0.3, 0.4) is 0 Å². The first-order valence-corrected chi connectivity index (χ1v) is 9.73. The maximum Gasteiger partial charge on any atom is 0.349 e. The zero-order valence-corrected chi connectivity index (χ0v) is 18.3. The maximum absolute atomic E-state index is 12.2. The Morgan fingerprint density at radius 1 is 1.30 bits per heavy atom. The third-order valence-electron chi connectivity index (χ3n) is 4.25. The molecule has 0 atom stereocenters. The highest BCUT2D eigenvalue weighted by Crippen LogP contribution is 2.32. The van der Waals surface area contributed by atoms with Crippen LogP contribution in [0.5, 0.6) is 0 Å². The number of esters is 1. The zero-order valence-electron chi connectivity index (χ0n) is 16.8. The fourth-order valence-electron chi connectivity index (χ4n) is 2.81. The minimum absolute atomic E-state index is 0.225. The summed E-state index contributed by atoms with van der Waals surface area (Å²) in [7, 11) is 1.51. The molecule has 30 heavy (non-hydrogen) atoms. The van der Waals surface area contributed by atoms with Gasteiger partial charge in [0, 0.05) is 25.0 Å². The summed E-state index contributed by atoms with van der Waals surface area (Å²) in [6, 6.07) is 8.94. The number of ether oxygens (including phenoxy) is 2. The van der Waals surface area contributed by atoms with E-state index in [0.717, 1.165) is 11.4 Å². The fraction of sp³-hybridized carbons (Fsp3) is 0.286. The number of halogens is 2. The van der Waals surface area contributed by atoms with Gasteiger partial charge in [0.05, 0.1) is 22.3 Å². The average molecular weight is 450 g/mol. The van der Waals surface area contributed by atoms with Crippen LogP contribution in [0.2, 0.25) is 10.0 Å². The van der Waals surface area contributed by atoms with Crippen LogP contribution in [0.25, 0.3) is 11.8 Å². The van der Waals surface area contributed by atoms with E-state index in [-0.39, 0.29) is 5.57 Å². The molecule has 0 saturated heterocycles. The normalized spacial score (nSPS) is 11.1. The second kappa shape index (κ2) is 10.8. The fourth-order valence-corrected chi connectivity index (χ4v) is 3.19. The summed E-state index contributed by atoms with van der Waals surface area (Å²) in [4.78, 5) is 23.9. The smallest absolute Gasteiger partial charge is 0.349 e. The van der Waals surface area contributed by atoms with Gasteiger partial charge in [0.15, 0.2) is 6.61 Å². The Bertz CT molecular complexity index is 1020. The number of aryl methyl sites for hydroxylation is 1. The molecule has 0 radical (unpaired) electrons. The van der Waals surface area contributed by atoms with Crippen molar-refractivity contribution in [3.8, 4) is 11.8 Å². The van der Waals surface area contributed by atoms with E-state index >= 15 is 0 Å². The SMILES string of the molecule is COCCNC(=O)COC(=O)/C(C#N)=C/c1cc(C)n(-c2cccc(Cl)c2Cl)c1C. The number of carbonyl (C=O) groups is 2. The van der Waals surface area contributed by atoms with Crippen molar-refractivity contribution in [1.82, 2.24) is 9.88 Å². The molecular formula is C21H21Cl2N3O4. The molecule has 0 saturated carbocycles. The summed E-state index contributed by atoms with van der Waals surface area (Å²) in [5.41, 5.74) is 2.70. The lowest BCUT2D eigenvalue weighted by atomic mass is 10.1. The lowest BCUT2D eigenvalue weighted by molar-refractivity contribution is -0.144. The van der Waals surface area contributed by atoms with Gasteiger partial charge in [-0.15, -0.1) is 0 Å². The first-order valence-electron chi connectivity index (χ1n) is 8.98. The number of benzene rings is 1. The van der Waals surface area contributed by atoms with Crippen molar-refractivity contribution in [3.63, 3.8) is 0 Å². The van der Waals surface area contributed by atoms with Gasteiger partial charge >= 0.3 is 5.97 Å². The number of methoxy groups -OCH3 is 1. The molecule has 0 unspecified atom stereocenters. The molecule has 7 nitrogen and oxygen atoms in total. The molecule has 158 valence electrons. The molecule has 0 aliphatic rings. The molecule has 1 aromatic carbocycles. The number of hydrogen-bond acceptors (Lipinski definition) is 5. The Labute approximate surface area is 184 Å². The van der Waals surface area contributed by atoms with Gasteiger partial charge in [-0.25, -0.2) is 4.79 Å². The van der Waals surface area contributed by atoms with Crippen LogP contribution in [0.4, 0.5) is 0 Å². The number of amides is 1. The predicted molar refractivity (Wildman–Crippen MR) is 115 cm³/mol. The van der Waals surface area contributed by atoms with E-state index in [2.05, 4.69) is 5.32 Å². The summed E-state index contributed by atoms with van der Waals surface area (Å²) in [6.45, 7) is 3.86. The third kappa shape index (κ3) is 5.63. The number of nitriles is 1. The predicted octanol–water partition coefficient (Wildman–Crippen LogP) is 3.61. The Morgan fingerprint density at radius 3 is 2.70 bits per heavy atom. The lowest BCUT2D eigenvalue weighted by Crippen LogP contribution is -2.31. The van der Waals surface area contributed by atoms with E-state index in [4.69, 9.17) is 32.7 Å². The summed E-state index contributed by atoms with van der Waals surface area (Å²) in [5, 5.41) is 12.7. The van der Waals surface area contributed by atoms with Crippen LogP contribution >= 0.6 is 23.2 Å². The molecule has 2 aromatic rings. The summed E-state index contributed by atoms with van der Waals surface area (Å²) in [6.07, 6.45) is 1.42. The summed E-state index contributed by atoms with van der Waals surface area (Å²) >= 11 is 12.5. The quantitative estimate of drug-likeness (QED) is 0.287. The van der Waals surface area contributed by atoms with E-state index in [9.17, 15) is 14.9 Å². The zero-order chi connectivity index (χ0) is 22.3. The minimum atomic E-state index is -0.884. The van der Waals surface area contributed by atoms with Crippen molar-refractivity contribution < 1.29 is 19.1 Å². The number of carbonyl (C=O) groups excluding carboxylic acids is 2. The average Bonchev–Trinajstić information content (AvgIpc) is 2.99. The largest absolute Gasteiger partial charge is 0.451 e. The van der Waals surface area contributed by atoms with Crippen LogP contribution in [0.1, 0.15) is 17.0 Å². The number of rotatable bonds is 8. The van der Waals surface area contributed by atoms with Crippen molar-refractivity contribution in [2.24, 2.45) is 0 Å². The highest BCUT2D eigenvalue weighted by molar-refractivity contribution is 6.43. The first kappa shape index (κ1) is 23.5. The van der Waals surface area contributed by atoms with Crippen LogP contribution in [-0.4, -0.2) is 43.3 Å². The Morgan fingerprint density at radius 2 is 2.03 bits per heavy atom. The van der Waals surface area contributed by atoms with Crippen LogP contribution in [0.15, 0.2) is 29.8 Å². The van der Waals surface area contributed by atoms with E-state index in [1.165, 1.54) is 13.2 Å². The lowest BCUT2D eigenvalue weighted by Gasteiger charge is -2.12. The van der Waals surface area contributed by atoms with E-state index in [1.807, 2.05) is 36.6 Å². The number of hydrogen-bond donors (Lipinski definition) is 1. The Kier molecular flexibility index (Phi) is 8.48. The van der Waals surface area contributed by atoms with E-state index in [1.54, 1.807) is 12.1 Å². The highest BCUT2D eigenvalue weighted by atomic mass is 35.5. The highest BCUT2D eigenvalue weighted by Gasteiger charge is 2.17. The van der Waals surface area contributed by atoms with Crippen molar-refractivity contribution in [3.05, 3.63) is 56.8 Å². The van der Waals surface area contributed by atoms with E-state index in [0.29, 0.717) is 34.4 Å². The Balaban J connectivity index is 2.22. The van der Waals surface area contributed by atoms with Gasteiger partial charge in [0.1, 0.15) is 11.6 Å². The van der Waals surface area contributed by atoms with Gasteiger partial charge in [-0.05, 0) is 43.7 Å². The molecule has 1 amide bonds. The summed E-state index contributed by atoms with van der Waals surface area (Å²) < 4.78 is 11.6. The van der Waals surface area contributed by atoms with Gasteiger partial charge in [0.2, 0.25) is 0 Å². The van der Waals surface area contributed by atoms with Crippen molar-refractivity contribution in [2.45, 2.75) is 13.8 Å². The van der Waals surface area contributed by atoms with Gasteiger partial charge < -0.3 is 19.4 Å². The number of aromatic nitrogens is 1. The monoisotopic (exact) mass is 449 g/mol. The standard InChI is InChI=1S/C21H21Cl2N3O4/c1-13-9-15(14(2)26(13)18-6-4-5-17(22)20(18)23)10-16(11-24)21(28)30-12-19(27)25-7-8-29-3/h4-6,9-10H,7-8,12H2,1-3H3,(H,25,27)/b16-10+. The first-order chi connectivity index (χ1) is 14.3. The summed E-state index contributed by atoms with van der Waals surface area (Å²) in [5.74, 6) is -1.36. The molecule has 1 aromatic heterocycles. The second-order valence-corrected chi connectivity index (χ2v) is 7.11. The molecule has 0 aliphatic carbocycles. The van der Waals surface area contributed by atoms with Crippen LogP contribution in [-0.2, 0) is 19.1 Å². The van der Waals surface area contributed by atoms with Crippen LogP contribution < -0.4 is 5.32 Å². The molecule has 0 bridgehead atoms. The van der Waals surface area contributed by atoms with Gasteiger partial charge in [-0.3, -0.25) is 4.79 Å². The topological polar surface area (TPSA) is 93.3 Å². The molecule has 9 heteroatoms.